The summed E-state index contributed by atoms with van der Waals surface area (Å²) in [4.78, 5) is 11.5. The van der Waals surface area contributed by atoms with Gasteiger partial charge in [0.15, 0.2) is 0 Å². The van der Waals surface area contributed by atoms with E-state index in [1.807, 2.05) is 12.1 Å². The Kier molecular flexibility index (Phi) is 7.58. The van der Waals surface area contributed by atoms with Crippen molar-refractivity contribution >= 4 is 16.7 Å². The van der Waals surface area contributed by atoms with Gasteiger partial charge >= 0.3 is 6.18 Å². The van der Waals surface area contributed by atoms with Crippen LogP contribution in [0.3, 0.4) is 0 Å². The molecule has 2 aromatic carbocycles. The van der Waals surface area contributed by atoms with Crippen LogP contribution in [-0.4, -0.2) is 30.2 Å². The first-order valence-electron chi connectivity index (χ1n) is 10.7. The summed E-state index contributed by atoms with van der Waals surface area (Å²) < 4.78 is 47.4. The van der Waals surface area contributed by atoms with E-state index in [0.717, 1.165) is 23.2 Å². The Hall–Kier alpha value is -2.28. The van der Waals surface area contributed by atoms with Crippen molar-refractivity contribution < 1.29 is 22.7 Å². The van der Waals surface area contributed by atoms with Gasteiger partial charge in [0.1, 0.15) is 11.8 Å². The van der Waals surface area contributed by atoms with Crippen molar-refractivity contribution in [2.75, 3.05) is 13.2 Å². The first-order valence-corrected chi connectivity index (χ1v) is 10.7. The number of ether oxygens (including phenoxy) is 1. The zero-order valence-electron chi connectivity index (χ0n) is 17.3. The largest absolute Gasteiger partial charge is 0.493 e. The maximum atomic E-state index is 13.8. The van der Waals surface area contributed by atoms with Crippen LogP contribution in [0, 0.1) is 0 Å². The van der Waals surface area contributed by atoms with Gasteiger partial charge < -0.3 is 4.74 Å². The van der Waals surface area contributed by atoms with E-state index in [4.69, 9.17) is 4.74 Å². The molecule has 1 N–H and O–H groups in total. The third kappa shape index (κ3) is 5.65. The molecule has 1 aliphatic rings. The van der Waals surface area contributed by atoms with Crippen molar-refractivity contribution in [2.24, 2.45) is 0 Å². The van der Waals surface area contributed by atoms with Gasteiger partial charge in [-0.2, -0.15) is 13.2 Å². The van der Waals surface area contributed by atoms with Crippen LogP contribution in [0.5, 0.6) is 5.75 Å². The lowest BCUT2D eigenvalue weighted by Gasteiger charge is -2.29. The van der Waals surface area contributed by atoms with Crippen molar-refractivity contribution in [1.82, 2.24) is 10.4 Å². The van der Waals surface area contributed by atoms with Crippen molar-refractivity contribution in [3.05, 3.63) is 42.0 Å². The average molecular weight is 422 g/mol. The molecule has 30 heavy (non-hydrogen) atoms. The number of amides is 1. The van der Waals surface area contributed by atoms with Crippen LogP contribution in [0.25, 0.3) is 10.8 Å². The van der Waals surface area contributed by atoms with Gasteiger partial charge in [-0.3, -0.25) is 10.2 Å². The Balaban J connectivity index is 1.76. The van der Waals surface area contributed by atoms with E-state index >= 15 is 0 Å². The fourth-order valence-corrected chi connectivity index (χ4v) is 3.86. The summed E-state index contributed by atoms with van der Waals surface area (Å²) >= 11 is 0. The van der Waals surface area contributed by atoms with E-state index in [0.29, 0.717) is 17.7 Å². The fraction of sp³-hybridized carbons (Fsp3) is 0.522. The molecule has 0 aliphatic carbocycles. The summed E-state index contributed by atoms with van der Waals surface area (Å²) in [7, 11) is 0. The number of halogens is 3. The van der Waals surface area contributed by atoms with Crippen LogP contribution in [0.1, 0.15) is 63.5 Å². The van der Waals surface area contributed by atoms with Crippen LogP contribution >= 0.6 is 0 Å². The van der Waals surface area contributed by atoms with Gasteiger partial charge in [-0.15, -0.1) is 0 Å². The second-order valence-corrected chi connectivity index (χ2v) is 7.78. The summed E-state index contributed by atoms with van der Waals surface area (Å²) in [5.41, 5.74) is 2.42. The van der Waals surface area contributed by atoms with E-state index in [1.165, 1.54) is 37.8 Å². The molecule has 164 valence electrons. The van der Waals surface area contributed by atoms with Gasteiger partial charge in [0, 0.05) is 18.4 Å². The number of unbranched alkanes of at least 4 members (excludes halogenated alkanes) is 5. The van der Waals surface area contributed by atoms with Crippen LogP contribution in [0.15, 0.2) is 36.4 Å². The standard InChI is InChI=1S/C23H29F3N2O2/c1-2-3-4-5-6-7-15-30-20-10-8-9-17-11-12-18(16-19(17)20)22(23(24,25)26)28-14-13-21(29)27-28/h8-12,16,22H,2-7,13-15H2,1H3,(H,27,29)/t22-/m0/s1. The molecule has 1 heterocycles. The van der Waals surface area contributed by atoms with E-state index in [9.17, 15) is 18.0 Å². The van der Waals surface area contributed by atoms with E-state index in [1.54, 1.807) is 12.1 Å². The quantitative estimate of drug-likeness (QED) is 0.483. The molecule has 0 spiro atoms. The predicted molar refractivity (Wildman–Crippen MR) is 111 cm³/mol. The fourth-order valence-electron chi connectivity index (χ4n) is 3.86. The Morgan fingerprint density at radius 2 is 1.87 bits per heavy atom. The minimum absolute atomic E-state index is 0.0250. The molecule has 1 amide bonds. The number of nitrogens with one attached hydrogen (secondary N) is 1. The molecule has 0 aromatic heterocycles. The van der Waals surface area contributed by atoms with Crippen molar-refractivity contribution in [1.29, 1.82) is 0 Å². The number of alkyl halides is 3. The number of hydrazine groups is 1. The predicted octanol–water partition coefficient (Wildman–Crippen LogP) is 5.92. The molecule has 4 nitrogen and oxygen atoms in total. The summed E-state index contributed by atoms with van der Waals surface area (Å²) in [5.74, 6) is 0.197. The highest BCUT2D eigenvalue weighted by Gasteiger charge is 2.47. The van der Waals surface area contributed by atoms with Gasteiger partial charge in [0.2, 0.25) is 5.91 Å². The summed E-state index contributed by atoms with van der Waals surface area (Å²) in [6, 6.07) is 8.30. The maximum absolute atomic E-state index is 13.8. The summed E-state index contributed by atoms with van der Waals surface area (Å²) in [6.45, 7) is 2.75. The Morgan fingerprint density at radius 3 is 2.57 bits per heavy atom. The zero-order chi connectivity index (χ0) is 21.6. The molecule has 3 rings (SSSR count). The lowest BCUT2D eigenvalue weighted by Crippen LogP contribution is -2.43. The van der Waals surface area contributed by atoms with Crippen LogP contribution < -0.4 is 10.2 Å². The lowest BCUT2D eigenvalue weighted by atomic mass is 10.0. The Morgan fingerprint density at radius 1 is 1.10 bits per heavy atom. The molecule has 0 radical (unpaired) electrons. The molecule has 1 saturated heterocycles. The highest BCUT2D eigenvalue weighted by atomic mass is 19.4. The van der Waals surface area contributed by atoms with Crippen molar-refractivity contribution in [3.63, 3.8) is 0 Å². The second-order valence-electron chi connectivity index (χ2n) is 7.78. The minimum Gasteiger partial charge on any atom is -0.493 e. The third-order valence-corrected chi connectivity index (χ3v) is 5.41. The van der Waals surface area contributed by atoms with Crippen molar-refractivity contribution in [3.8, 4) is 5.75 Å². The molecule has 1 aliphatic heterocycles. The van der Waals surface area contributed by atoms with Crippen LogP contribution in [0.2, 0.25) is 0 Å². The molecule has 7 heteroatoms. The number of fused-ring (bicyclic) bond motifs is 1. The molecular formula is C23H29F3N2O2. The molecule has 2 aromatic rings. The molecule has 0 unspecified atom stereocenters. The number of benzene rings is 2. The highest BCUT2D eigenvalue weighted by Crippen LogP contribution is 2.40. The first kappa shape index (κ1) is 22.4. The molecule has 1 fully saturated rings. The normalized spacial score (nSPS) is 16.1. The monoisotopic (exact) mass is 422 g/mol. The van der Waals surface area contributed by atoms with E-state index in [2.05, 4.69) is 12.3 Å². The summed E-state index contributed by atoms with van der Waals surface area (Å²) in [6.07, 6.45) is 2.39. The number of hydrogen-bond acceptors (Lipinski definition) is 3. The van der Waals surface area contributed by atoms with Crippen LogP contribution in [0.4, 0.5) is 13.2 Å². The Bertz CT molecular complexity index is 854. The third-order valence-electron chi connectivity index (χ3n) is 5.41. The number of rotatable bonds is 10. The van der Waals surface area contributed by atoms with E-state index < -0.39 is 18.1 Å². The second kappa shape index (κ2) is 10.2. The van der Waals surface area contributed by atoms with Gasteiger partial charge in [-0.1, -0.05) is 63.3 Å². The van der Waals surface area contributed by atoms with Gasteiger partial charge in [0.25, 0.3) is 0 Å². The zero-order valence-corrected chi connectivity index (χ0v) is 17.3. The molecule has 1 atom stereocenters. The molecule has 0 bridgehead atoms. The SMILES string of the molecule is CCCCCCCCOc1cccc2ccc([C@H](N3CCC(=O)N3)C(F)(F)F)cc12. The van der Waals surface area contributed by atoms with Gasteiger partial charge in [-0.25, -0.2) is 5.01 Å². The van der Waals surface area contributed by atoms with E-state index in [-0.39, 0.29) is 18.5 Å². The number of hydrogen-bond donors (Lipinski definition) is 1. The Labute approximate surface area is 175 Å². The lowest BCUT2D eigenvalue weighted by molar-refractivity contribution is -0.191. The number of nitrogens with zero attached hydrogens (tertiary/aromatic N) is 1. The van der Waals surface area contributed by atoms with Gasteiger partial charge in [-0.05, 0) is 29.5 Å². The number of carbonyl (C=O) groups excluding carboxylic acids is 1. The molecular weight excluding hydrogens is 393 g/mol. The van der Waals surface area contributed by atoms with Gasteiger partial charge in [0.05, 0.1) is 6.61 Å². The highest BCUT2D eigenvalue weighted by molar-refractivity contribution is 5.89. The topological polar surface area (TPSA) is 41.6 Å². The number of carbonyl (C=O) groups is 1. The smallest absolute Gasteiger partial charge is 0.409 e. The minimum atomic E-state index is -4.51. The van der Waals surface area contributed by atoms with Crippen molar-refractivity contribution in [2.45, 2.75) is 64.1 Å². The first-order chi connectivity index (χ1) is 14.4. The molecule has 0 saturated carbocycles. The average Bonchev–Trinajstić information content (AvgIpc) is 3.12. The van der Waals surface area contributed by atoms with Crippen LogP contribution in [-0.2, 0) is 4.79 Å². The maximum Gasteiger partial charge on any atom is 0.409 e. The summed E-state index contributed by atoms with van der Waals surface area (Å²) in [5, 5.41) is 2.45.